The van der Waals surface area contributed by atoms with E-state index in [4.69, 9.17) is 14.2 Å². The average Bonchev–Trinajstić information content (AvgIpc) is 3.27. The number of likely N-dealkylation sites (tertiary alicyclic amines) is 1. The smallest absolute Gasteiger partial charge is 0.168 e. The minimum absolute atomic E-state index is 0.0966. The quantitative estimate of drug-likeness (QED) is 0.678. The van der Waals surface area contributed by atoms with Gasteiger partial charge in [0.05, 0.1) is 25.5 Å². The Bertz CT molecular complexity index is 986. The minimum Gasteiger partial charge on any atom is -0.489 e. The van der Waals surface area contributed by atoms with Crippen molar-refractivity contribution in [3.05, 3.63) is 59.4 Å². The lowest BCUT2D eigenvalue weighted by atomic mass is 9.62. The molecule has 1 N–H and O–H groups in total. The van der Waals surface area contributed by atoms with Gasteiger partial charge in [-0.3, -0.25) is 4.98 Å². The first kappa shape index (κ1) is 23.7. The van der Waals surface area contributed by atoms with Gasteiger partial charge >= 0.3 is 0 Å². The number of rotatable bonds is 6. The maximum absolute atomic E-state index is 12.4. The van der Waals surface area contributed by atoms with Crippen molar-refractivity contribution in [1.82, 2.24) is 9.88 Å². The SMILES string of the molecule is CC(C)c1ccc(C(O)(c2cncc(OC3CCC4(CC3)OCCO4)c2)C2(C)CN(C)C2)cc1. The van der Waals surface area contributed by atoms with E-state index >= 15 is 0 Å². The number of pyridine rings is 1. The maximum Gasteiger partial charge on any atom is 0.168 e. The van der Waals surface area contributed by atoms with Gasteiger partial charge in [-0.15, -0.1) is 0 Å². The van der Waals surface area contributed by atoms with Gasteiger partial charge in [0.1, 0.15) is 11.4 Å². The molecule has 3 aliphatic rings. The van der Waals surface area contributed by atoms with Crippen LogP contribution in [0, 0.1) is 5.41 Å². The van der Waals surface area contributed by atoms with Gasteiger partial charge in [-0.1, -0.05) is 45.0 Å². The van der Waals surface area contributed by atoms with Gasteiger partial charge in [-0.05, 0) is 43.0 Å². The summed E-state index contributed by atoms with van der Waals surface area (Å²) in [6, 6.07) is 10.4. The highest BCUT2D eigenvalue weighted by Crippen LogP contribution is 2.50. The van der Waals surface area contributed by atoms with Crippen LogP contribution in [0.25, 0.3) is 0 Å². The zero-order valence-corrected chi connectivity index (χ0v) is 20.9. The standard InChI is InChI=1S/C28H38N2O4/c1-20(2)21-5-7-22(8-6-21)28(31,26(3)18-30(4)19-26)23-15-25(17-29-16-23)34-24-9-11-27(12-10-24)32-13-14-33-27/h5-8,15-17,20,24,31H,9-14,18-19H2,1-4H3. The molecule has 1 spiro atoms. The van der Waals surface area contributed by atoms with E-state index in [1.807, 2.05) is 6.07 Å². The third-order valence-electron chi connectivity index (χ3n) is 8.05. The van der Waals surface area contributed by atoms with Crippen LogP contribution < -0.4 is 4.74 Å². The summed E-state index contributed by atoms with van der Waals surface area (Å²) < 4.78 is 18.1. The first-order valence-electron chi connectivity index (χ1n) is 12.6. The lowest BCUT2D eigenvalue weighted by Crippen LogP contribution is -2.63. The number of nitrogens with zero attached hydrogens (tertiary/aromatic N) is 2. The van der Waals surface area contributed by atoms with Crippen molar-refractivity contribution >= 4 is 0 Å². The Kier molecular flexibility index (Phi) is 6.22. The summed E-state index contributed by atoms with van der Waals surface area (Å²) in [7, 11) is 2.09. The molecule has 0 amide bonds. The number of aromatic nitrogens is 1. The van der Waals surface area contributed by atoms with Crippen LogP contribution in [0.2, 0.25) is 0 Å². The second-order valence-electron chi connectivity index (χ2n) is 11.1. The fourth-order valence-corrected chi connectivity index (χ4v) is 6.16. The van der Waals surface area contributed by atoms with E-state index in [0.717, 1.165) is 49.9 Å². The third-order valence-corrected chi connectivity index (χ3v) is 8.05. The molecular formula is C28H38N2O4. The highest BCUT2D eigenvalue weighted by atomic mass is 16.7. The van der Waals surface area contributed by atoms with Gasteiger partial charge in [-0.25, -0.2) is 0 Å². The van der Waals surface area contributed by atoms with Gasteiger partial charge in [0.2, 0.25) is 0 Å². The number of ether oxygens (including phenoxy) is 3. The van der Waals surface area contributed by atoms with Crippen molar-refractivity contribution < 1.29 is 19.3 Å². The first-order valence-corrected chi connectivity index (χ1v) is 12.6. The molecule has 6 nitrogen and oxygen atoms in total. The van der Waals surface area contributed by atoms with Gasteiger partial charge in [0.15, 0.2) is 5.79 Å². The number of hydrogen-bond donors (Lipinski definition) is 1. The second kappa shape index (κ2) is 8.90. The molecule has 0 bridgehead atoms. The monoisotopic (exact) mass is 466 g/mol. The minimum atomic E-state index is -1.16. The summed E-state index contributed by atoms with van der Waals surface area (Å²) >= 11 is 0. The lowest BCUT2D eigenvalue weighted by molar-refractivity contribution is -0.186. The van der Waals surface area contributed by atoms with Crippen molar-refractivity contribution in [1.29, 1.82) is 0 Å². The molecule has 34 heavy (non-hydrogen) atoms. The fourth-order valence-electron chi connectivity index (χ4n) is 6.16. The molecule has 3 heterocycles. The van der Waals surface area contributed by atoms with E-state index in [2.05, 4.69) is 62.0 Å². The van der Waals surface area contributed by atoms with E-state index in [1.54, 1.807) is 12.4 Å². The van der Waals surface area contributed by atoms with Crippen LogP contribution in [0.5, 0.6) is 5.75 Å². The molecule has 3 fully saturated rings. The Balaban J connectivity index is 1.40. The highest BCUT2D eigenvalue weighted by molar-refractivity contribution is 5.43. The fraction of sp³-hybridized carbons (Fsp3) is 0.607. The van der Waals surface area contributed by atoms with Crippen LogP contribution in [0.3, 0.4) is 0 Å². The zero-order valence-electron chi connectivity index (χ0n) is 20.9. The summed E-state index contributed by atoms with van der Waals surface area (Å²) in [5, 5.41) is 12.4. The van der Waals surface area contributed by atoms with E-state index in [0.29, 0.717) is 24.9 Å². The van der Waals surface area contributed by atoms with Crippen LogP contribution >= 0.6 is 0 Å². The van der Waals surface area contributed by atoms with Crippen molar-refractivity contribution in [2.45, 2.75) is 69.9 Å². The normalized spacial score (nSPS) is 24.2. The summed E-state index contributed by atoms with van der Waals surface area (Å²) in [4.78, 5) is 6.74. The number of hydrogen-bond acceptors (Lipinski definition) is 6. The van der Waals surface area contributed by atoms with Crippen LogP contribution in [0.15, 0.2) is 42.7 Å². The summed E-state index contributed by atoms with van der Waals surface area (Å²) in [5.41, 5.74) is 1.47. The molecule has 2 saturated heterocycles. The Morgan fingerprint density at radius 1 is 1.06 bits per heavy atom. The predicted molar refractivity (Wildman–Crippen MR) is 131 cm³/mol. The molecule has 2 aromatic rings. The van der Waals surface area contributed by atoms with Crippen molar-refractivity contribution in [2.75, 3.05) is 33.4 Å². The number of benzene rings is 1. The van der Waals surface area contributed by atoms with Gasteiger partial charge < -0.3 is 24.2 Å². The molecule has 1 aromatic carbocycles. The molecule has 2 aliphatic heterocycles. The molecule has 5 rings (SSSR count). The highest BCUT2D eigenvalue weighted by Gasteiger charge is 2.55. The first-order chi connectivity index (χ1) is 16.2. The molecule has 0 radical (unpaired) electrons. The van der Waals surface area contributed by atoms with E-state index in [-0.39, 0.29) is 11.5 Å². The lowest BCUT2D eigenvalue weighted by Gasteiger charge is -2.55. The second-order valence-corrected chi connectivity index (χ2v) is 11.1. The summed E-state index contributed by atoms with van der Waals surface area (Å²) in [5.74, 6) is 0.758. The Morgan fingerprint density at radius 2 is 1.71 bits per heavy atom. The number of aliphatic hydroxyl groups is 1. The van der Waals surface area contributed by atoms with Crippen LogP contribution in [0.1, 0.15) is 69.1 Å². The molecule has 1 saturated carbocycles. The van der Waals surface area contributed by atoms with Crippen molar-refractivity contribution in [3.8, 4) is 5.75 Å². The zero-order chi connectivity index (χ0) is 24.0. The van der Waals surface area contributed by atoms with E-state index in [9.17, 15) is 5.11 Å². The van der Waals surface area contributed by atoms with Gasteiger partial charge in [-0.2, -0.15) is 0 Å². The largest absolute Gasteiger partial charge is 0.489 e. The van der Waals surface area contributed by atoms with Gasteiger partial charge in [0, 0.05) is 43.1 Å². The third kappa shape index (κ3) is 4.15. The van der Waals surface area contributed by atoms with Crippen molar-refractivity contribution in [2.24, 2.45) is 5.41 Å². The molecular weight excluding hydrogens is 428 g/mol. The Hall–Kier alpha value is -1.99. The molecule has 184 valence electrons. The van der Waals surface area contributed by atoms with Crippen LogP contribution in [-0.2, 0) is 15.1 Å². The Labute approximate surface area is 203 Å². The van der Waals surface area contributed by atoms with E-state index < -0.39 is 11.4 Å². The average molecular weight is 467 g/mol. The van der Waals surface area contributed by atoms with Crippen molar-refractivity contribution in [3.63, 3.8) is 0 Å². The van der Waals surface area contributed by atoms with E-state index in [1.165, 1.54) is 5.56 Å². The Morgan fingerprint density at radius 3 is 2.29 bits per heavy atom. The maximum atomic E-state index is 12.4. The summed E-state index contributed by atoms with van der Waals surface area (Å²) in [6.45, 7) is 9.53. The topological polar surface area (TPSA) is 64.1 Å². The molecule has 1 atom stereocenters. The molecule has 1 unspecified atom stereocenters. The predicted octanol–water partition coefficient (Wildman–Crippen LogP) is 4.46. The molecule has 1 aliphatic carbocycles. The summed E-state index contributed by atoms with van der Waals surface area (Å²) in [6.07, 6.45) is 7.11. The van der Waals surface area contributed by atoms with Crippen LogP contribution in [0.4, 0.5) is 0 Å². The molecule has 6 heteroatoms. The molecule has 1 aromatic heterocycles. The van der Waals surface area contributed by atoms with Crippen LogP contribution in [-0.4, -0.2) is 60.2 Å². The van der Waals surface area contributed by atoms with Gasteiger partial charge in [0.25, 0.3) is 0 Å².